The molecule has 3 aromatic rings. The van der Waals surface area contributed by atoms with E-state index in [4.69, 9.17) is 5.26 Å². The Bertz CT molecular complexity index is 1050. The van der Waals surface area contributed by atoms with Gasteiger partial charge in [0.25, 0.3) is 10.0 Å². The van der Waals surface area contributed by atoms with E-state index in [0.29, 0.717) is 11.3 Å². The Balaban J connectivity index is 2.01. The highest BCUT2D eigenvalue weighted by atomic mass is 32.2. The van der Waals surface area contributed by atoms with Crippen molar-refractivity contribution in [1.29, 1.82) is 5.26 Å². The fraction of sp³-hybridized carbons (Fsp3) is 0.0500. The quantitative estimate of drug-likeness (QED) is 0.763. The molecule has 0 aromatic heterocycles. The number of para-hydroxylation sites is 1. The molecule has 0 heterocycles. The van der Waals surface area contributed by atoms with Crippen LogP contribution < -0.4 is 4.72 Å². The molecule has 124 valence electrons. The minimum absolute atomic E-state index is 0.207. The predicted octanol–water partition coefficient (Wildman–Crippen LogP) is 4.33. The molecule has 4 nitrogen and oxygen atoms in total. The minimum Gasteiger partial charge on any atom is -0.279 e. The molecule has 0 fully saturated rings. The predicted molar refractivity (Wildman–Crippen MR) is 98.6 cm³/mol. The molecule has 0 saturated heterocycles. The van der Waals surface area contributed by atoms with Crippen LogP contribution in [0, 0.1) is 18.3 Å². The van der Waals surface area contributed by atoms with Crippen molar-refractivity contribution in [3.05, 3.63) is 83.9 Å². The van der Waals surface area contributed by atoms with Crippen LogP contribution in [0.5, 0.6) is 0 Å². The zero-order valence-corrected chi connectivity index (χ0v) is 14.4. The summed E-state index contributed by atoms with van der Waals surface area (Å²) in [6, 6.07) is 23.0. The van der Waals surface area contributed by atoms with Crippen LogP contribution in [0.4, 0.5) is 5.69 Å². The van der Waals surface area contributed by atoms with Crippen molar-refractivity contribution in [3.63, 3.8) is 0 Å². The van der Waals surface area contributed by atoms with Crippen LogP contribution in [0.15, 0.2) is 77.7 Å². The lowest BCUT2D eigenvalue weighted by Crippen LogP contribution is -2.13. The molecule has 0 aliphatic carbocycles. The molecule has 1 N–H and O–H groups in total. The summed E-state index contributed by atoms with van der Waals surface area (Å²) in [6.45, 7) is 1.90. The average Bonchev–Trinajstić information content (AvgIpc) is 2.62. The van der Waals surface area contributed by atoms with Gasteiger partial charge in [0.05, 0.1) is 22.2 Å². The number of nitriles is 1. The molecule has 0 amide bonds. The molecular weight excluding hydrogens is 332 g/mol. The van der Waals surface area contributed by atoms with E-state index in [1.165, 1.54) is 0 Å². The van der Waals surface area contributed by atoms with Gasteiger partial charge in [0, 0.05) is 5.56 Å². The van der Waals surface area contributed by atoms with Gasteiger partial charge < -0.3 is 0 Å². The summed E-state index contributed by atoms with van der Waals surface area (Å²) >= 11 is 0. The van der Waals surface area contributed by atoms with Crippen molar-refractivity contribution in [2.45, 2.75) is 11.8 Å². The normalized spacial score (nSPS) is 10.9. The van der Waals surface area contributed by atoms with Crippen molar-refractivity contribution < 1.29 is 8.42 Å². The summed E-state index contributed by atoms with van der Waals surface area (Å²) in [5, 5.41) is 9.07. The number of rotatable bonds is 4. The van der Waals surface area contributed by atoms with E-state index in [1.807, 2.05) is 25.1 Å². The summed E-state index contributed by atoms with van der Waals surface area (Å²) in [5.74, 6) is 0. The Hall–Kier alpha value is -3.10. The van der Waals surface area contributed by atoms with Crippen molar-refractivity contribution in [2.75, 3.05) is 4.72 Å². The third-order valence-corrected chi connectivity index (χ3v) is 5.19. The van der Waals surface area contributed by atoms with Crippen LogP contribution in [0.2, 0.25) is 0 Å². The fourth-order valence-corrected chi connectivity index (χ4v) is 3.58. The molecule has 0 spiro atoms. The molecule has 0 aliphatic rings. The van der Waals surface area contributed by atoms with Gasteiger partial charge in [-0.2, -0.15) is 5.26 Å². The van der Waals surface area contributed by atoms with Gasteiger partial charge in [-0.1, -0.05) is 48.0 Å². The number of aryl methyl sites for hydroxylation is 1. The summed E-state index contributed by atoms with van der Waals surface area (Å²) in [5.41, 5.74) is 3.48. The number of nitrogens with zero attached hydrogens (tertiary/aromatic N) is 1. The van der Waals surface area contributed by atoms with Crippen LogP contribution in [-0.4, -0.2) is 8.42 Å². The third kappa shape index (κ3) is 3.70. The lowest BCUT2D eigenvalue weighted by Gasteiger charge is -2.13. The highest BCUT2D eigenvalue weighted by Gasteiger charge is 2.16. The Labute approximate surface area is 147 Å². The first kappa shape index (κ1) is 16.7. The Morgan fingerprint density at radius 3 is 2.36 bits per heavy atom. The van der Waals surface area contributed by atoms with Crippen molar-refractivity contribution >= 4 is 15.7 Å². The van der Waals surface area contributed by atoms with Crippen molar-refractivity contribution in [1.82, 2.24) is 0 Å². The van der Waals surface area contributed by atoms with Crippen molar-refractivity contribution in [3.8, 4) is 17.2 Å². The van der Waals surface area contributed by atoms with Crippen LogP contribution in [0.1, 0.15) is 11.1 Å². The maximum atomic E-state index is 12.7. The van der Waals surface area contributed by atoms with E-state index < -0.39 is 10.0 Å². The van der Waals surface area contributed by atoms with Gasteiger partial charge in [0.2, 0.25) is 0 Å². The van der Waals surface area contributed by atoms with E-state index in [9.17, 15) is 8.42 Å². The minimum atomic E-state index is -3.69. The lowest BCUT2D eigenvalue weighted by molar-refractivity contribution is 0.601. The summed E-state index contributed by atoms with van der Waals surface area (Å²) in [7, 11) is -3.69. The number of hydrogen-bond acceptors (Lipinski definition) is 3. The molecule has 0 aliphatic heterocycles. The molecular formula is C20H16N2O2S. The van der Waals surface area contributed by atoms with Gasteiger partial charge in [-0.05, 0) is 42.8 Å². The highest BCUT2D eigenvalue weighted by molar-refractivity contribution is 7.92. The van der Waals surface area contributed by atoms with E-state index >= 15 is 0 Å². The molecule has 3 aromatic carbocycles. The number of benzene rings is 3. The molecule has 0 radical (unpaired) electrons. The molecule has 25 heavy (non-hydrogen) atoms. The third-order valence-electron chi connectivity index (χ3n) is 3.81. The Morgan fingerprint density at radius 2 is 1.64 bits per heavy atom. The summed E-state index contributed by atoms with van der Waals surface area (Å²) < 4.78 is 28.0. The second kappa shape index (κ2) is 6.80. The average molecular weight is 348 g/mol. The van der Waals surface area contributed by atoms with Crippen LogP contribution in [0.3, 0.4) is 0 Å². The van der Waals surface area contributed by atoms with E-state index in [2.05, 4.69) is 10.8 Å². The Morgan fingerprint density at radius 1 is 0.920 bits per heavy atom. The molecule has 0 unspecified atom stereocenters. The SMILES string of the molecule is Cc1ccc(S(=O)(=O)Nc2ccccc2-c2cccc(C#N)c2)cc1. The largest absolute Gasteiger partial charge is 0.279 e. The molecule has 0 atom stereocenters. The van der Waals surface area contributed by atoms with E-state index in [-0.39, 0.29) is 4.90 Å². The van der Waals surface area contributed by atoms with Crippen LogP contribution >= 0.6 is 0 Å². The first-order chi connectivity index (χ1) is 12.0. The van der Waals surface area contributed by atoms with Gasteiger partial charge in [0.1, 0.15) is 0 Å². The molecule has 0 saturated carbocycles. The number of hydrogen-bond donors (Lipinski definition) is 1. The highest BCUT2D eigenvalue weighted by Crippen LogP contribution is 2.30. The summed E-state index contributed by atoms with van der Waals surface area (Å²) in [4.78, 5) is 0.207. The fourth-order valence-electron chi connectivity index (χ4n) is 2.50. The zero-order valence-electron chi connectivity index (χ0n) is 13.6. The first-order valence-electron chi connectivity index (χ1n) is 7.69. The Kier molecular flexibility index (Phi) is 4.55. The number of sulfonamides is 1. The smallest absolute Gasteiger partial charge is 0.261 e. The van der Waals surface area contributed by atoms with Crippen LogP contribution in [-0.2, 0) is 10.0 Å². The standard InChI is InChI=1S/C20H16N2O2S/c1-15-9-11-18(12-10-15)25(23,24)22-20-8-3-2-7-19(20)17-6-4-5-16(13-17)14-21/h2-13,22H,1H3. The van der Waals surface area contributed by atoms with E-state index in [1.54, 1.807) is 54.6 Å². The second-order valence-electron chi connectivity index (χ2n) is 5.66. The van der Waals surface area contributed by atoms with Gasteiger partial charge in [-0.25, -0.2) is 8.42 Å². The van der Waals surface area contributed by atoms with Gasteiger partial charge in [0.15, 0.2) is 0 Å². The van der Waals surface area contributed by atoms with Crippen molar-refractivity contribution in [2.24, 2.45) is 0 Å². The molecule has 5 heteroatoms. The molecule has 3 rings (SSSR count). The van der Waals surface area contributed by atoms with Gasteiger partial charge >= 0.3 is 0 Å². The maximum absolute atomic E-state index is 12.7. The first-order valence-corrected chi connectivity index (χ1v) is 9.17. The van der Waals surface area contributed by atoms with E-state index in [0.717, 1.165) is 16.7 Å². The van der Waals surface area contributed by atoms with Crippen LogP contribution in [0.25, 0.3) is 11.1 Å². The number of nitrogens with one attached hydrogen (secondary N) is 1. The second-order valence-corrected chi connectivity index (χ2v) is 7.34. The monoisotopic (exact) mass is 348 g/mol. The van der Waals surface area contributed by atoms with Gasteiger partial charge in [-0.3, -0.25) is 4.72 Å². The zero-order chi connectivity index (χ0) is 17.9. The van der Waals surface area contributed by atoms with Gasteiger partial charge in [-0.15, -0.1) is 0 Å². The maximum Gasteiger partial charge on any atom is 0.261 e. The molecule has 0 bridgehead atoms. The number of anilines is 1. The summed E-state index contributed by atoms with van der Waals surface area (Å²) in [6.07, 6.45) is 0. The topological polar surface area (TPSA) is 70.0 Å². The lowest BCUT2D eigenvalue weighted by atomic mass is 10.0.